The number of ketones is 1. The summed E-state index contributed by atoms with van der Waals surface area (Å²) in [6.45, 7) is 1.37. The molecule has 0 saturated heterocycles. The number of hydrogen-bond acceptors (Lipinski definition) is 3. The van der Waals surface area contributed by atoms with Gasteiger partial charge in [-0.05, 0) is 19.1 Å². The third-order valence-electron chi connectivity index (χ3n) is 2.93. The number of hydrogen-bond donors (Lipinski definition) is 1. The first kappa shape index (κ1) is 15.7. The molecule has 8 heteroatoms. The molecule has 116 valence electrons. The van der Waals surface area contributed by atoms with E-state index >= 15 is 0 Å². The Balaban J connectivity index is 2.23. The first-order valence-electron chi connectivity index (χ1n) is 6.22. The largest absolute Gasteiger partial charge is 0.433 e. The van der Waals surface area contributed by atoms with Gasteiger partial charge in [0.25, 0.3) is 5.91 Å². The predicted octanol–water partition coefficient (Wildman–Crippen LogP) is 2.89. The monoisotopic (exact) mass is 311 g/mol. The average Bonchev–Trinajstić information content (AvgIpc) is 2.81. The highest BCUT2D eigenvalue weighted by Crippen LogP contribution is 2.29. The van der Waals surface area contributed by atoms with Gasteiger partial charge in [0, 0.05) is 24.4 Å². The molecule has 1 aromatic carbocycles. The van der Waals surface area contributed by atoms with Gasteiger partial charge in [0.1, 0.15) is 5.69 Å². The molecule has 0 fully saturated rings. The van der Waals surface area contributed by atoms with Crippen LogP contribution in [0.5, 0.6) is 0 Å². The van der Waals surface area contributed by atoms with Crippen LogP contribution in [-0.2, 0) is 13.2 Å². The van der Waals surface area contributed by atoms with Crippen molar-refractivity contribution in [2.24, 2.45) is 7.05 Å². The van der Waals surface area contributed by atoms with E-state index in [1.165, 1.54) is 19.1 Å². The van der Waals surface area contributed by atoms with Gasteiger partial charge in [0.2, 0.25) is 0 Å². The van der Waals surface area contributed by atoms with Crippen LogP contribution in [0.1, 0.15) is 33.5 Å². The van der Waals surface area contributed by atoms with Crippen molar-refractivity contribution >= 4 is 17.4 Å². The lowest BCUT2D eigenvalue weighted by molar-refractivity contribution is -0.143. The summed E-state index contributed by atoms with van der Waals surface area (Å²) >= 11 is 0. The second-order valence-corrected chi connectivity index (χ2v) is 4.63. The first-order valence-corrected chi connectivity index (χ1v) is 6.22. The van der Waals surface area contributed by atoms with Gasteiger partial charge in [-0.15, -0.1) is 0 Å². The molecule has 2 aromatic rings. The summed E-state index contributed by atoms with van der Waals surface area (Å²) in [5.74, 6) is -0.972. The van der Waals surface area contributed by atoms with E-state index in [0.717, 1.165) is 7.05 Å². The van der Waals surface area contributed by atoms with E-state index in [-0.39, 0.29) is 11.5 Å². The Bertz CT molecular complexity index is 735. The number of Topliss-reactive ketones (excluding diaryl/α,β-unsaturated/α-hetero) is 1. The fraction of sp³-hybridized carbons (Fsp3) is 0.214. The van der Waals surface area contributed by atoms with Crippen LogP contribution in [0.25, 0.3) is 0 Å². The Morgan fingerprint density at radius 3 is 2.45 bits per heavy atom. The van der Waals surface area contributed by atoms with Crippen molar-refractivity contribution in [1.82, 2.24) is 9.78 Å². The Morgan fingerprint density at radius 2 is 1.91 bits per heavy atom. The van der Waals surface area contributed by atoms with Crippen molar-refractivity contribution in [3.05, 3.63) is 47.3 Å². The highest BCUT2D eigenvalue weighted by atomic mass is 19.4. The summed E-state index contributed by atoms with van der Waals surface area (Å²) in [6, 6.07) is 6.77. The fourth-order valence-electron chi connectivity index (χ4n) is 1.85. The van der Waals surface area contributed by atoms with Crippen LogP contribution in [0, 0.1) is 0 Å². The number of aryl methyl sites for hydroxylation is 1. The molecule has 0 spiro atoms. The Kier molecular flexibility index (Phi) is 4.03. The van der Waals surface area contributed by atoms with Gasteiger partial charge < -0.3 is 5.32 Å². The number of anilines is 1. The van der Waals surface area contributed by atoms with Crippen LogP contribution in [0.2, 0.25) is 0 Å². The molecular weight excluding hydrogens is 299 g/mol. The van der Waals surface area contributed by atoms with E-state index in [9.17, 15) is 22.8 Å². The molecule has 2 rings (SSSR count). The highest BCUT2D eigenvalue weighted by Gasteiger charge is 2.35. The number of nitrogens with one attached hydrogen (secondary N) is 1. The molecule has 0 unspecified atom stereocenters. The number of benzene rings is 1. The maximum atomic E-state index is 12.7. The highest BCUT2D eigenvalue weighted by molar-refractivity contribution is 6.04. The van der Waals surface area contributed by atoms with Crippen molar-refractivity contribution in [3.63, 3.8) is 0 Å². The lowest BCUT2D eigenvalue weighted by Gasteiger charge is -2.04. The number of nitrogens with zero attached hydrogens (tertiary/aromatic N) is 2. The van der Waals surface area contributed by atoms with Crippen molar-refractivity contribution in [2.75, 3.05) is 5.32 Å². The second kappa shape index (κ2) is 5.63. The summed E-state index contributed by atoms with van der Waals surface area (Å²) in [4.78, 5) is 23.2. The van der Waals surface area contributed by atoms with Gasteiger partial charge in [0.05, 0.1) is 0 Å². The van der Waals surface area contributed by atoms with Gasteiger partial charge in [0.15, 0.2) is 11.5 Å². The third kappa shape index (κ3) is 3.33. The normalized spacial score (nSPS) is 11.3. The number of alkyl halides is 3. The summed E-state index contributed by atoms with van der Waals surface area (Å²) in [5, 5.41) is 5.96. The van der Waals surface area contributed by atoms with Crippen LogP contribution in [0.4, 0.5) is 18.9 Å². The predicted molar refractivity (Wildman–Crippen MR) is 72.6 cm³/mol. The zero-order chi connectivity index (χ0) is 16.5. The Labute approximate surface area is 123 Å². The van der Waals surface area contributed by atoms with Crippen molar-refractivity contribution in [3.8, 4) is 0 Å². The van der Waals surface area contributed by atoms with Gasteiger partial charge in [-0.3, -0.25) is 14.3 Å². The van der Waals surface area contributed by atoms with Crippen LogP contribution in [0.15, 0.2) is 30.3 Å². The van der Waals surface area contributed by atoms with Crippen LogP contribution >= 0.6 is 0 Å². The van der Waals surface area contributed by atoms with E-state index in [4.69, 9.17) is 0 Å². The summed E-state index contributed by atoms with van der Waals surface area (Å²) in [5.41, 5.74) is -0.690. The fourth-order valence-corrected chi connectivity index (χ4v) is 1.85. The summed E-state index contributed by atoms with van der Waals surface area (Å²) < 4.78 is 38.6. The molecule has 0 radical (unpaired) electrons. The van der Waals surface area contributed by atoms with Crippen LogP contribution in [-0.4, -0.2) is 21.5 Å². The summed E-state index contributed by atoms with van der Waals surface area (Å²) in [7, 11) is 1.11. The molecule has 0 atom stereocenters. The number of carbonyl (C=O) groups is 2. The van der Waals surface area contributed by atoms with E-state index in [1.807, 2.05) is 0 Å². The smallest absolute Gasteiger partial charge is 0.321 e. The number of halogens is 3. The minimum Gasteiger partial charge on any atom is -0.321 e. The molecule has 5 nitrogen and oxygen atoms in total. The molecular formula is C14H12F3N3O2. The molecule has 0 bridgehead atoms. The van der Waals surface area contributed by atoms with Crippen LogP contribution in [0.3, 0.4) is 0 Å². The number of carbonyl (C=O) groups excluding carboxylic acids is 2. The molecule has 0 aliphatic heterocycles. The molecule has 1 aromatic heterocycles. The minimum atomic E-state index is -4.59. The first-order chi connectivity index (χ1) is 10.2. The van der Waals surface area contributed by atoms with E-state index < -0.39 is 17.8 Å². The average molecular weight is 311 g/mol. The van der Waals surface area contributed by atoms with E-state index in [1.54, 1.807) is 12.1 Å². The lowest BCUT2D eigenvalue weighted by Crippen LogP contribution is -2.13. The quantitative estimate of drug-likeness (QED) is 0.887. The van der Waals surface area contributed by atoms with E-state index in [0.29, 0.717) is 22.0 Å². The second-order valence-electron chi connectivity index (χ2n) is 4.63. The van der Waals surface area contributed by atoms with Gasteiger partial charge in [-0.1, -0.05) is 12.1 Å². The third-order valence-corrected chi connectivity index (χ3v) is 2.93. The van der Waals surface area contributed by atoms with Crippen molar-refractivity contribution in [2.45, 2.75) is 13.1 Å². The lowest BCUT2D eigenvalue weighted by atomic mass is 10.1. The molecule has 1 amide bonds. The number of rotatable bonds is 3. The molecule has 22 heavy (non-hydrogen) atoms. The minimum absolute atomic E-state index is 0.187. The Hall–Kier alpha value is -2.64. The molecule has 0 aliphatic rings. The number of aromatic nitrogens is 2. The van der Waals surface area contributed by atoms with Crippen molar-refractivity contribution in [1.29, 1.82) is 0 Å². The molecule has 1 heterocycles. The molecule has 1 N–H and O–H groups in total. The summed E-state index contributed by atoms with van der Waals surface area (Å²) in [6.07, 6.45) is -4.59. The van der Waals surface area contributed by atoms with Gasteiger partial charge in [-0.25, -0.2) is 0 Å². The van der Waals surface area contributed by atoms with Gasteiger partial charge in [-0.2, -0.15) is 18.3 Å². The maximum Gasteiger partial charge on any atom is 0.433 e. The Morgan fingerprint density at radius 1 is 1.23 bits per heavy atom. The molecule has 0 saturated carbocycles. The number of amides is 1. The van der Waals surface area contributed by atoms with Crippen LogP contribution < -0.4 is 5.32 Å². The van der Waals surface area contributed by atoms with Crippen molar-refractivity contribution < 1.29 is 22.8 Å². The maximum absolute atomic E-state index is 12.7. The van der Waals surface area contributed by atoms with E-state index in [2.05, 4.69) is 10.4 Å². The zero-order valence-corrected chi connectivity index (χ0v) is 11.7. The standard InChI is InChI=1S/C14H12F3N3O2/c1-8(21)9-4-3-5-10(6-9)18-13(22)11-7-12(14(15,16)17)20(2)19-11/h3-7H,1-2H3,(H,18,22). The topological polar surface area (TPSA) is 64.0 Å². The molecule has 0 aliphatic carbocycles. The zero-order valence-electron chi connectivity index (χ0n) is 11.7. The SMILES string of the molecule is CC(=O)c1cccc(NC(=O)c2cc(C(F)(F)F)n(C)n2)c1. The van der Waals surface area contributed by atoms with Gasteiger partial charge >= 0.3 is 6.18 Å².